The number of aromatic nitrogens is 1. The molecule has 0 radical (unpaired) electrons. The summed E-state index contributed by atoms with van der Waals surface area (Å²) < 4.78 is 0. The molecule has 2 aromatic rings. The van der Waals surface area contributed by atoms with E-state index < -0.39 is 0 Å². The highest BCUT2D eigenvalue weighted by Gasteiger charge is 2.12. The van der Waals surface area contributed by atoms with Gasteiger partial charge in [0.1, 0.15) is 0 Å². The van der Waals surface area contributed by atoms with Gasteiger partial charge in [-0.15, -0.1) is 11.3 Å². The lowest BCUT2D eigenvalue weighted by Crippen LogP contribution is -2.11. The van der Waals surface area contributed by atoms with Crippen molar-refractivity contribution in [1.29, 1.82) is 0 Å². The van der Waals surface area contributed by atoms with Gasteiger partial charge in [0, 0.05) is 23.5 Å². The Hall–Kier alpha value is -1.35. The number of aryl methyl sites for hydroxylation is 1. The summed E-state index contributed by atoms with van der Waals surface area (Å²) in [6, 6.07) is 8.75. The maximum atomic E-state index is 4.27. The second-order valence-corrected chi connectivity index (χ2v) is 6.80. The van der Waals surface area contributed by atoms with Gasteiger partial charge in [0.25, 0.3) is 0 Å². The van der Waals surface area contributed by atoms with E-state index in [-0.39, 0.29) is 5.41 Å². The van der Waals surface area contributed by atoms with Crippen LogP contribution in [0.4, 0.5) is 5.69 Å². The maximum Gasteiger partial charge on any atom is 0.0797 e. The summed E-state index contributed by atoms with van der Waals surface area (Å²) in [6.07, 6.45) is 1.04. The zero-order chi connectivity index (χ0) is 13.9. The second-order valence-electron chi connectivity index (χ2n) is 5.87. The van der Waals surface area contributed by atoms with Crippen LogP contribution in [0.25, 0.3) is 0 Å². The Morgan fingerprint density at radius 3 is 2.37 bits per heavy atom. The molecule has 3 heteroatoms. The van der Waals surface area contributed by atoms with Crippen molar-refractivity contribution in [2.45, 2.75) is 39.5 Å². The Balaban J connectivity index is 1.89. The van der Waals surface area contributed by atoms with Crippen LogP contribution in [-0.4, -0.2) is 11.5 Å². The molecule has 0 saturated carbocycles. The van der Waals surface area contributed by atoms with Crippen LogP contribution in [0.2, 0.25) is 0 Å². The van der Waals surface area contributed by atoms with Crippen molar-refractivity contribution < 1.29 is 0 Å². The predicted molar refractivity (Wildman–Crippen MR) is 84.2 cm³/mol. The van der Waals surface area contributed by atoms with Gasteiger partial charge in [-0.25, -0.2) is 4.98 Å². The van der Waals surface area contributed by atoms with E-state index in [1.165, 1.54) is 16.1 Å². The van der Waals surface area contributed by atoms with Crippen LogP contribution >= 0.6 is 11.3 Å². The molecule has 0 fully saturated rings. The molecule has 0 unspecified atom stereocenters. The molecule has 2 nitrogen and oxygen atoms in total. The number of nitrogens with zero attached hydrogens (tertiary/aromatic N) is 1. The fraction of sp³-hybridized carbons (Fsp3) is 0.438. The van der Waals surface area contributed by atoms with E-state index in [9.17, 15) is 0 Å². The third kappa shape index (κ3) is 3.80. The van der Waals surface area contributed by atoms with Crippen LogP contribution in [0.3, 0.4) is 0 Å². The molecule has 0 spiro atoms. The highest BCUT2D eigenvalue weighted by Crippen LogP contribution is 2.23. The molecule has 0 bridgehead atoms. The van der Waals surface area contributed by atoms with Crippen molar-refractivity contribution in [1.82, 2.24) is 4.98 Å². The molecule has 1 N–H and O–H groups in total. The summed E-state index contributed by atoms with van der Waals surface area (Å²) in [7, 11) is 0. The van der Waals surface area contributed by atoms with Crippen LogP contribution in [0.1, 0.15) is 36.9 Å². The van der Waals surface area contributed by atoms with Gasteiger partial charge in [-0.1, -0.05) is 32.9 Å². The van der Waals surface area contributed by atoms with E-state index in [2.05, 4.69) is 62.3 Å². The number of hydrogen-bond acceptors (Lipinski definition) is 3. The lowest BCUT2D eigenvalue weighted by atomic mass is 9.87. The monoisotopic (exact) mass is 274 g/mol. The van der Waals surface area contributed by atoms with E-state index in [0.29, 0.717) is 0 Å². The third-order valence-corrected chi connectivity index (χ3v) is 4.27. The molecule has 0 aliphatic rings. The largest absolute Gasteiger partial charge is 0.385 e. The van der Waals surface area contributed by atoms with Gasteiger partial charge in [0.15, 0.2) is 0 Å². The van der Waals surface area contributed by atoms with Crippen LogP contribution in [0.15, 0.2) is 29.8 Å². The van der Waals surface area contributed by atoms with E-state index in [1.807, 2.05) is 5.51 Å². The average Bonchev–Trinajstić information content (AvgIpc) is 2.75. The quantitative estimate of drug-likeness (QED) is 0.893. The van der Waals surface area contributed by atoms with Gasteiger partial charge >= 0.3 is 0 Å². The predicted octanol–water partition coefficient (Wildman–Crippen LogP) is 4.40. The maximum absolute atomic E-state index is 4.27. The summed E-state index contributed by atoms with van der Waals surface area (Å²) in [5.41, 5.74) is 5.86. The molecule has 1 aromatic heterocycles. The van der Waals surface area contributed by atoms with Crippen LogP contribution in [0, 0.1) is 6.92 Å². The molecule has 0 atom stereocenters. The zero-order valence-corrected chi connectivity index (χ0v) is 13.0. The summed E-state index contributed by atoms with van der Waals surface area (Å²) in [5.74, 6) is 0. The van der Waals surface area contributed by atoms with Gasteiger partial charge in [-0.3, -0.25) is 0 Å². The van der Waals surface area contributed by atoms with E-state index in [1.54, 1.807) is 11.3 Å². The fourth-order valence-corrected chi connectivity index (χ4v) is 2.76. The number of hydrogen-bond donors (Lipinski definition) is 1. The van der Waals surface area contributed by atoms with E-state index in [0.717, 1.165) is 18.7 Å². The Kier molecular flexibility index (Phi) is 4.25. The number of thiazole rings is 1. The molecule has 1 aromatic carbocycles. The Bertz CT molecular complexity index is 520. The van der Waals surface area contributed by atoms with Crippen molar-refractivity contribution in [3.05, 3.63) is 45.9 Å². The van der Waals surface area contributed by atoms with Crippen molar-refractivity contribution in [2.75, 3.05) is 11.9 Å². The summed E-state index contributed by atoms with van der Waals surface area (Å²) in [5, 5.41) is 3.47. The number of rotatable bonds is 4. The molecule has 0 saturated heterocycles. The summed E-state index contributed by atoms with van der Waals surface area (Å²) >= 11 is 1.74. The minimum atomic E-state index is 0.221. The molecule has 2 rings (SSSR count). The van der Waals surface area contributed by atoms with Crippen molar-refractivity contribution in [3.8, 4) is 0 Å². The Labute approximate surface area is 119 Å². The first-order valence-electron chi connectivity index (χ1n) is 6.70. The zero-order valence-electron chi connectivity index (χ0n) is 12.2. The fourth-order valence-electron chi connectivity index (χ4n) is 1.97. The number of anilines is 1. The molecule has 0 amide bonds. The average molecular weight is 274 g/mol. The normalized spacial score (nSPS) is 11.6. The first-order valence-corrected chi connectivity index (χ1v) is 7.58. The summed E-state index contributed by atoms with van der Waals surface area (Å²) in [4.78, 5) is 5.65. The smallest absolute Gasteiger partial charge is 0.0797 e. The minimum Gasteiger partial charge on any atom is -0.385 e. The number of nitrogens with one attached hydrogen (secondary N) is 1. The standard InChI is InChI=1S/C16H22N2S/c1-12-15(19-11-18-12)9-10-17-14-7-5-13(6-8-14)16(2,3)4/h5-8,11,17H,9-10H2,1-4H3. The van der Waals surface area contributed by atoms with E-state index >= 15 is 0 Å². The second kappa shape index (κ2) is 5.74. The molecule has 0 aliphatic heterocycles. The van der Waals surface area contributed by atoms with Gasteiger partial charge in [-0.2, -0.15) is 0 Å². The van der Waals surface area contributed by atoms with Crippen molar-refractivity contribution in [2.24, 2.45) is 0 Å². The van der Waals surface area contributed by atoms with Crippen LogP contribution < -0.4 is 5.32 Å². The highest BCUT2D eigenvalue weighted by molar-refractivity contribution is 7.09. The molecular weight excluding hydrogens is 252 g/mol. The van der Waals surface area contributed by atoms with Gasteiger partial charge in [-0.05, 0) is 30.0 Å². The van der Waals surface area contributed by atoms with E-state index in [4.69, 9.17) is 0 Å². The first kappa shape index (κ1) is 14.1. The SMILES string of the molecule is Cc1ncsc1CCNc1ccc(C(C)(C)C)cc1. The topological polar surface area (TPSA) is 24.9 Å². The van der Waals surface area contributed by atoms with Crippen LogP contribution in [0.5, 0.6) is 0 Å². The van der Waals surface area contributed by atoms with Gasteiger partial charge in [0.2, 0.25) is 0 Å². The molecule has 102 valence electrons. The van der Waals surface area contributed by atoms with Crippen molar-refractivity contribution >= 4 is 17.0 Å². The Morgan fingerprint density at radius 1 is 1.16 bits per heavy atom. The van der Waals surface area contributed by atoms with Gasteiger partial charge < -0.3 is 5.32 Å². The molecule has 0 aliphatic carbocycles. The van der Waals surface area contributed by atoms with Crippen LogP contribution in [-0.2, 0) is 11.8 Å². The molecule has 1 heterocycles. The molecule has 19 heavy (non-hydrogen) atoms. The summed E-state index contributed by atoms with van der Waals surface area (Å²) in [6.45, 7) is 9.74. The third-order valence-electron chi connectivity index (χ3n) is 3.28. The highest BCUT2D eigenvalue weighted by atomic mass is 32.1. The Morgan fingerprint density at radius 2 is 1.84 bits per heavy atom. The minimum absolute atomic E-state index is 0.221. The lowest BCUT2D eigenvalue weighted by Gasteiger charge is -2.19. The lowest BCUT2D eigenvalue weighted by molar-refractivity contribution is 0.590. The van der Waals surface area contributed by atoms with Crippen molar-refractivity contribution in [3.63, 3.8) is 0 Å². The number of benzene rings is 1. The van der Waals surface area contributed by atoms with Gasteiger partial charge in [0.05, 0.1) is 11.2 Å². The first-order chi connectivity index (χ1) is 8.97. The molecular formula is C16H22N2S.